The van der Waals surface area contributed by atoms with E-state index in [2.05, 4.69) is 20.4 Å². The van der Waals surface area contributed by atoms with Gasteiger partial charge >= 0.3 is 0 Å². The molecule has 0 unspecified atom stereocenters. The summed E-state index contributed by atoms with van der Waals surface area (Å²) in [6, 6.07) is 4.45. The molecule has 0 radical (unpaired) electrons. The number of hydrogen-bond acceptors (Lipinski definition) is 6. The summed E-state index contributed by atoms with van der Waals surface area (Å²) in [5.41, 5.74) is 0.516. The summed E-state index contributed by atoms with van der Waals surface area (Å²) in [6.45, 7) is 5.63. The standard InChI is InChI=1S/C17H21N5O4/c1-12-10-14(20-26-12)17(25)22-8-6-21(7-9-22)5-4-18-16(24)13-2-3-15(23)19-11-13/h2-3,10-11H,4-9H2,1H3,(H,18,24)(H,19,23). The Labute approximate surface area is 150 Å². The molecule has 0 saturated carbocycles. The highest BCUT2D eigenvalue weighted by Crippen LogP contribution is 2.09. The molecule has 0 spiro atoms. The van der Waals surface area contributed by atoms with Gasteiger partial charge in [-0.2, -0.15) is 0 Å². The molecule has 0 bridgehead atoms. The quantitative estimate of drug-likeness (QED) is 0.769. The number of piperazine rings is 1. The van der Waals surface area contributed by atoms with E-state index in [0.717, 1.165) is 13.1 Å². The number of carbonyl (C=O) groups is 2. The third-order valence-electron chi connectivity index (χ3n) is 4.27. The molecule has 2 N–H and O–H groups in total. The molecule has 2 aromatic rings. The average Bonchev–Trinajstić information content (AvgIpc) is 3.08. The molecule has 1 aliphatic rings. The van der Waals surface area contributed by atoms with Gasteiger partial charge in [-0.05, 0) is 13.0 Å². The van der Waals surface area contributed by atoms with Crippen LogP contribution in [0.1, 0.15) is 26.6 Å². The summed E-state index contributed by atoms with van der Waals surface area (Å²) < 4.78 is 4.95. The first kappa shape index (κ1) is 17.9. The van der Waals surface area contributed by atoms with Crippen molar-refractivity contribution >= 4 is 11.8 Å². The monoisotopic (exact) mass is 359 g/mol. The van der Waals surface area contributed by atoms with Gasteiger partial charge in [-0.15, -0.1) is 0 Å². The molecule has 9 nitrogen and oxygen atoms in total. The average molecular weight is 359 g/mol. The molecule has 3 heterocycles. The molecule has 9 heteroatoms. The van der Waals surface area contributed by atoms with Crippen molar-refractivity contribution in [3.05, 3.63) is 51.8 Å². The van der Waals surface area contributed by atoms with Crippen molar-refractivity contribution in [3.8, 4) is 0 Å². The molecular weight excluding hydrogens is 338 g/mol. The lowest BCUT2D eigenvalue weighted by molar-refractivity contribution is 0.0628. The number of carbonyl (C=O) groups excluding carboxylic acids is 2. The molecular formula is C17H21N5O4. The van der Waals surface area contributed by atoms with Crippen LogP contribution in [0.15, 0.2) is 33.7 Å². The van der Waals surface area contributed by atoms with E-state index in [1.165, 1.54) is 18.3 Å². The summed E-state index contributed by atoms with van der Waals surface area (Å²) in [4.78, 5) is 41.7. The Morgan fingerprint density at radius 2 is 2.04 bits per heavy atom. The molecule has 1 fully saturated rings. The lowest BCUT2D eigenvalue weighted by Crippen LogP contribution is -2.50. The highest BCUT2D eigenvalue weighted by atomic mass is 16.5. The number of rotatable bonds is 5. The Morgan fingerprint density at radius 3 is 2.65 bits per heavy atom. The highest BCUT2D eigenvalue weighted by Gasteiger charge is 2.24. The van der Waals surface area contributed by atoms with Crippen LogP contribution in [0.5, 0.6) is 0 Å². The van der Waals surface area contributed by atoms with Crippen molar-refractivity contribution in [2.45, 2.75) is 6.92 Å². The number of nitrogens with zero attached hydrogens (tertiary/aromatic N) is 3. The van der Waals surface area contributed by atoms with Gasteiger partial charge in [0, 0.05) is 57.6 Å². The summed E-state index contributed by atoms with van der Waals surface area (Å²) >= 11 is 0. The van der Waals surface area contributed by atoms with Gasteiger partial charge in [-0.3, -0.25) is 19.3 Å². The molecule has 138 valence electrons. The van der Waals surface area contributed by atoms with E-state index in [9.17, 15) is 14.4 Å². The minimum atomic E-state index is -0.241. The molecule has 1 saturated heterocycles. The van der Waals surface area contributed by atoms with E-state index in [-0.39, 0.29) is 17.4 Å². The summed E-state index contributed by atoms with van der Waals surface area (Å²) in [5, 5.41) is 6.59. The summed E-state index contributed by atoms with van der Waals surface area (Å²) in [5.74, 6) is 0.273. The Kier molecular flexibility index (Phi) is 5.47. The number of pyridine rings is 1. The molecule has 0 atom stereocenters. The Hall–Kier alpha value is -2.94. The van der Waals surface area contributed by atoms with Crippen molar-refractivity contribution in [3.63, 3.8) is 0 Å². The normalized spacial score (nSPS) is 15.0. The number of nitrogens with one attached hydrogen (secondary N) is 2. The van der Waals surface area contributed by atoms with Gasteiger partial charge in [0.1, 0.15) is 5.76 Å². The van der Waals surface area contributed by atoms with Crippen LogP contribution in [0, 0.1) is 6.92 Å². The first-order valence-corrected chi connectivity index (χ1v) is 8.45. The maximum absolute atomic E-state index is 12.3. The highest BCUT2D eigenvalue weighted by molar-refractivity contribution is 5.93. The van der Waals surface area contributed by atoms with Crippen LogP contribution in [0.2, 0.25) is 0 Å². The third kappa shape index (κ3) is 4.37. The number of aryl methyl sites for hydroxylation is 1. The van der Waals surface area contributed by atoms with Crippen LogP contribution >= 0.6 is 0 Å². The van der Waals surface area contributed by atoms with Crippen LogP contribution < -0.4 is 10.9 Å². The van der Waals surface area contributed by atoms with Gasteiger partial charge in [0.05, 0.1) is 5.56 Å². The molecule has 2 aromatic heterocycles. The second kappa shape index (κ2) is 7.96. The van der Waals surface area contributed by atoms with E-state index in [0.29, 0.717) is 43.2 Å². The third-order valence-corrected chi connectivity index (χ3v) is 4.27. The van der Waals surface area contributed by atoms with Crippen molar-refractivity contribution in [1.29, 1.82) is 0 Å². The molecule has 0 aromatic carbocycles. The molecule has 2 amide bonds. The summed E-state index contributed by atoms with van der Waals surface area (Å²) in [6.07, 6.45) is 1.40. The van der Waals surface area contributed by atoms with E-state index in [1.807, 2.05) is 0 Å². The largest absolute Gasteiger partial charge is 0.361 e. The maximum Gasteiger partial charge on any atom is 0.276 e. The Morgan fingerprint density at radius 1 is 1.27 bits per heavy atom. The second-order valence-corrected chi connectivity index (χ2v) is 6.15. The smallest absolute Gasteiger partial charge is 0.276 e. The number of H-pyrrole nitrogens is 1. The lowest BCUT2D eigenvalue weighted by Gasteiger charge is -2.34. The van der Waals surface area contributed by atoms with Crippen LogP contribution in [0.4, 0.5) is 0 Å². The van der Waals surface area contributed by atoms with Gasteiger partial charge in [-0.25, -0.2) is 0 Å². The fourth-order valence-electron chi connectivity index (χ4n) is 2.79. The number of amides is 2. The predicted molar refractivity (Wildman–Crippen MR) is 93.0 cm³/mol. The first-order valence-electron chi connectivity index (χ1n) is 8.45. The SMILES string of the molecule is Cc1cc(C(=O)N2CCN(CCNC(=O)c3ccc(=O)[nH]c3)CC2)no1. The van der Waals surface area contributed by atoms with Crippen molar-refractivity contribution in [1.82, 2.24) is 25.3 Å². The van der Waals surface area contributed by atoms with Crippen molar-refractivity contribution < 1.29 is 14.1 Å². The zero-order valence-electron chi connectivity index (χ0n) is 14.5. The topological polar surface area (TPSA) is 112 Å². The minimum Gasteiger partial charge on any atom is -0.361 e. The van der Waals surface area contributed by atoms with Crippen molar-refractivity contribution in [2.75, 3.05) is 39.3 Å². The fraction of sp³-hybridized carbons (Fsp3) is 0.412. The van der Waals surface area contributed by atoms with Crippen LogP contribution in [0.3, 0.4) is 0 Å². The van der Waals surface area contributed by atoms with Gasteiger partial charge < -0.3 is 19.7 Å². The summed E-state index contributed by atoms with van der Waals surface area (Å²) in [7, 11) is 0. The Balaban J connectivity index is 1.40. The number of aromatic nitrogens is 2. The zero-order chi connectivity index (χ0) is 18.5. The number of aromatic amines is 1. The zero-order valence-corrected chi connectivity index (χ0v) is 14.5. The first-order chi connectivity index (χ1) is 12.5. The van der Waals surface area contributed by atoms with Crippen LogP contribution in [-0.4, -0.2) is 71.0 Å². The molecule has 3 rings (SSSR count). The van der Waals surface area contributed by atoms with Gasteiger partial charge in [0.25, 0.3) is 11.8 Å². The van der Waals surface area contributed by atoms with Crippen LogP contribution in [-0.2, 0) is 0 Å². The molecule has 26 heavy (non-hydrogen) atoms. The Bertz CT molecular complexity index is 815. The number of hydrogen-bond donors (Lipinski definition) is 2. The molecule has 0 aliphatic carbocycles. The molecule has 1 aliphatic heterocycles. The maximum atomic E-state index is 12.3. The van der Waals surface area contributed by atoms with Crippen molar-refractivity contribution in [2.24, 2.45) is 0 Å². The van der Waals surface area contributed by atoms with E-state index in [4.69, 9.17) is 4.52 Å². The van der Waals surface area contributed by atoms with Gasteiger partial charge in [0.15, 0.2) is 5.69 Å². The van der Waals surface area contributed by atoms with E-state index < -0.39 is 0 Å². The predicted octanol–water partition coefficient (Wildman–Crippen LogP) is -0.141. The van der Waals surface area contributed by atoms with E-state index in [1.54, 1.807) is 17.9 Å². The van der Waals surface area contributed by atoms with Gasteiger partial charge in [0.2, 0.25) is 5.56 Å². The van der Waals surface area contributed by atoms with E-state index >= 15 is 0 Å². The van der Waals surface area contributed by atoms with Crippen LogP contribution in [0.25, 0.3) is 0 Å². The fourth-order valence-corrected chi connectivity index (χ4v) is 2.79. The van der Waals surface area contributed by atoms with Gasteiger partial charge in [-0.1, -0.05) is 5.16 Å². The minimum absolute atomic E-state index is 0.118. The lowest BCUT2D eigenvalue weighted by atomic mass is 10.2. The second-order valence-electron chi connectivity index (χ2n) is 6.15.